The van der Waals surface area contributed by atoms with Crippen LogP contribution in [0.1, 0.15) is 47.1 Å². The second kappa shape index (κ2) is 11.8. The first-order chi connectivity index (χ1) is 16.3. The molecule has 1 aliphatic heterocycles. The summed E-state index contributed by atoms with van der Waals surface area (Å²) >= 11 is 0. The molecule has 1 aromatic carbocycles. The second-order valence-corrected chi connectivity index (χ2v) is 8.56. The number of aromatic nitrogens is 2. The molecule has 1 aliphatic rings. The number of benzene rings is 1. The molecule has 1 saturated heterocycles. The molecule has 9 nitrogen and oxygen atoms in total. The van der Waals surface area contributed by atoms with Gasteiger partial charge in [-0.2, -0.15) is 5.10 Å². The summed E-state index contributed by atoms with van der Waals surface area (Å²) in [5, 5.41) is 7.46. The van der Waals surface area contributed by atoms with E-state index < -0.39 is 0 Å². The molecule has 2 amide bonds. The first kappa shape index (κ1) is 25.4. The van der Waals surface area contributed by atoms with Crippen LogP contribution in [0.25, 0.3) is 5.69 Å². The summed E-state index contributed by atoms with van der Waals surface area (Å²) in [6.07, 6.45) is 1.73. The van der Waals surface area contributed by atoms with Gasteiger partial charge in [-0.25, -0.2) is 4.68 Å². The molecule has 9 heteroatoms. The first-order valence-electron chi connectivity index (χ1n) is 11.8. The monoisotopic (exact) mass is 469 g/mol. The van der Waals surface area contributed by atoms with Crippen LogP contribution in [0.15, 0.2) is 24.3 Å². The van der Waals surface area contributed by atoms with Crippen LogP contribution in [-0.4, -0.2) is 83.7 Å². The number of carbonyl (C=O) groups excluding carboxylic acids is 3. The number of ether oxygens (including phenoxy) is 1. The van der Waals surface area contributed by atoms with E-state index in [2.05, 4.69) is 15.3 Å². The predicted molar refractivity (Wildman–Crippen MR) is 129 cm³/mol. The standard InChI is InChI=1S/C25H35N5O4/c1-5-26-23(31)17-28-13-6-14-29(16-15-28)25(33)20-7-9-21(10-8-20)30-19(3)22(18(2)27-30)11-12-24(32)34-4/h7-10H,5-6,11-17H2,1-4H3,(H,26,31). The van der Waals surface area contributed by atoms with Crippen molar-refractivity contribution in [3.05, 3.63) is 46.8 Å². The molecule has 2 aromatic rings. The third kappa shape index (κ3) is 6.22. The quantitative estimate of drug-likeness (QED) is 0.593. The number of hydrogen-bond donors (Lipinski definition) is 1. The lowest BCUT2D eigenvalue weighted by atomic mass is 10.1. The molecule has 2 heterocycles. The van der Waals surface area contributed by atoms with E-state index in [1.165, 1.54) is 7.11 Å². The maximum absolute atomic E-state index is 13.1. The molecule has 1 aromatic heterocycles. The number of aryl methyl sites for hydroxylation is 1. The number of amides is 2. The first-order valence-corrected chi connectivity index (χ1v) is 11.8. The molecule has 0 saturated carbocycles. The number of methoxy groups -OCH3 is 1. The maximum atomic E-state index is 13.1. The van der Waals surface area contributed by atoms with Crippen LogP contribution in [0.3, 0.4) is 0 Å². The largest absolute Gasteiger partial charge is 0.469 e. The van der Waals surface area contributed by atoms with Gasteiger partial charge in [-0.1, -0.05) is 0 Å². The topological polar surface area (TPSA) is 96.8 Å². The van der Waals surface area contributed by atoms with Crippen molar-refractivity contribution in [2.45, 2.75) is 40.0 Å². The summed E-state index contributed by atoms with van der Waals surface area (Å²) in [7, 11) is 1.39. The van der Waals surface area contributed by atoms with Gasteiger partial charge < -0.3 is 15.0 Å². The molecule has 0 atom stereocenters. The number of rotatable bonds is 8. The van der Waals surface area contributed by atoms with Gasteiger partial charge in [0.05, 0.1) is 25.0 Å². The third-order valence-electron chi connectivity index (χ3n) is 6.22. The van der Waals surface area contributed by atoms with Gasteiger partial charge in [0.25, 0.3) is 5.91 Å². The summed E-state index contributed by atoms with van der Waals surface area (Å²) in [6.45, 7) is 9.57. The third-order valence-corrected chi connectivity index (χ3v) is 6.22. The molecule has 3 rings (SSSR count). The van der Waals surface area contributed by atoms with Crippen molar-refractivity contribution >= 4 is 17.8 Å². The Kier molecular flexibility index (Phi) is 8.81. The number of esters is 1. The molecule has 0 aliphatic carbocycles. The minimum absolute atomic E-state index is 0.00135. The zero-order valence-electron chi connectivity index (χ0n) is 20.6. The smallest absolute Gasteiger partial charge is 0.305 e. The molecular weight excluding hydrogens is 434 g/mol. The Hall–Kier alpha value is -3.20. The lowest BCUT2D eigenvalue weighted by Crippen LogP contribution is -2.40. The van der Waals surface area contributed by atoms with E-state index in [4.69, 9.17) is 4.74 Å². The van der Waals surface area contributed by atoms with Crippen LogP contribution in [0.2, 0.25) is 0 Å². The fourth-order valence-corrected chi connectivity index (χ4v) is 4.33. The van der Waals surface area contributed by atoms with Crippen molar-refractivity contribution < 1.29 is 19.1 Å². The van der Waals surface area contributed by atoms with Crippen LogP contribution in [-0.2, 0) is 20.7 Å². The summed E-state index contributed by atoms with van der Waals surface area (Å²) in [5.74, 6) is -0.218. The van der Waals surface area contributed by atoms with Crippen molar-refractivity contribution in [2.24, 2.45) is 0 Å². The summed E-state index contributed by atoms with van der Waals surface area (Å²) in [6, 6.07) is 7.46. The Bertz CT molecular complexity index is 1020. The molecule has 0 bridgehead atoms. The van der Waals surface area contributed by atoms with Crippen LogP contribution in [0, 0.1) is 13.8 Å². The molecule has 0 spiro atoms. The van der Waals surface area contributed by atoms with E-state index >= 15 is 0 Å². The summed E-state index contributed by atoms with van der Waals surface area (Å²) in [5.41, 5.74) is 4.38. The normalized spacial score (nSPS) is 14.5. The van der Waals surface area contributed by atoms with Gasteiger partial charge in [-0.05, 0) is 63.4 Å². The van der Waals surface area contributed by atoms with Crippen LogP contribution in [0.5, 0.6) is 0 Å². The Balaban J connectivity index is 1.65. The number of nitrogens with one attached hydrogen (secondary N) is 1. The van der Waals surface area contributed by atoms with Crippen molar-refractivity contribution in [2.75, 3.05) is 46.4 Å². The fraction of sp³-hybridized carbons (Fsp3) is 0.520. The van der Waals surface area contributed by atoms with E-state index in [0.29, 0.717) is 51.1 Å². The van der Waals surface area contributed by atoms with E-state index in [9.17, 15) is 14.4 Å². The highest BCUT2D eigenvalue weighted by Crippen LogP contribution is 2.20. The average molecular weight is 470 g/mol. The molecule has 0 unspecified atom stereocenters. The Morgan fingerprint density at radius 1 is 1.06 bits per heavy atom. The lowest BCUT2D eigenvalue weighted by Gasteiger charge is -2.22. The highest BCUT2D eigenvalue weighted by atomic mass is 16.5. The highest BCUT2D eigenvalue weighted by Gasteiger charge is 2.22. The van der Waals surface area contributed by atoms with Gasteiger partial charge in [-0.3, -0.25) is 19.3 Å². The molecule has 184 valence electrons. The van der Waals surface area contributed by atoms with Crippen LogP contribution >= 0.6 is 0 Å². The number of likely N-dealkylation sites (N-methyl/N-ethyl adjacent to an activating group) is 1. The Morgan fingerprint density at radius 2 is 1.79 bits per heavy atom. The van der Waals surface area contributed by atoms with Crippen molar-refractivity contribution in [3.8, 4) is 5.69 Å². The zero-order chi connectivity index (χ0) is 24.7. The summed E-state index contributed by atoms with van der Waals surface area (Å²) in [4.78, 5) is 40.5. The zero-order valence-corrected chi connectivity index (χ0v) is 20.6. The predicted octanol–water partition coefficient (Wildman–Crippen LogP) is 1.88. The highest BCUT2D eigenvalue weighted by molar-refractivity contribution is 5.94. The van der Waals surface area contributed by atoms with Gasteiger partial charge in [0.15, 0.2) is 0 Å². The number of hydrogen-bond acceptors (Lipinski definition) is 6. The lowest BCUT2D eigenvalue weighted by molar-refractivity contribution is -0.140. The SMILES string of the molecule is CCNC(=O)CN1CCCN(C(=O)c2ccc(-n3nc(C)c(CCC(=O)OC)c3C)cc2)CC1. The minimum atomic E-state index is -0.240. The second-order valence-electron chi connectivity index (χ2n) is 8.56. The average Bonchev–Trinajstić information content (AvgIpc) is 2.97. The van der Waals surface area contributed by atoms with E-state index in [1.54, 1.807) is 0 Å². The molecule has 34 heavy (non-hydrogen) atoms. The van der Waals surface area contributed by atoms with Crippen molar-refractivity contribution in [1.29, 1.82) is 0 Å². The van der Waals surface area contributed by atoms with Crippen molar-refractivity contribution in [3.63, 3.8) is 0 Å². The number of nitrogens with zero attached hydrogens (tertiary/aromatic N) is 4. The van der Waals surface area contributed by atoms with Gasteiger partial charge in [0.1, 0.15) is 0 Å². The van der Waals surface area contributed by atoms with Gasteiger partial charge >= 0.3 is 5.97 Å². The van der Waals surface area contributed by atoms with E-state index in [-0.39, 0.29) is 17.8 Å². The van der Waals surface area contributed by atoms with Crippen LogP contribution in [0.4, 0.5) is 0 Å². The maximum Gasteiger partial charge on any atom is 0.305 e. The minimum Gasteiger partial charge on any atom is -0.469 e. The van der Waals surface area contributed by atoms with Gasteiger partial charge in [0.2, 0.25) is 5.91 Å². The van der Waals surface area contributed by atoms with Crippen LogP contribution < -0.4 is 5.32 Å². The van der Waals surface area contributed by atoms with Gasteiger partial charge in [-0.15, -0.1) is 0 Å². The summed E-state index contributed by atoms with van der Waals surface area (Å²) < 4.78 is 6.60. The molecular formula is C25H35N5O4. The fourth-order valence-electron chi connectivity index (χ4n) is 4.33. The number of carbonyl (C=O) groups is 3. The van der Waals surface area contributed by atoms with Crippen molar-refractivity contribution in [1.82, 2.24) is 24.9 Å². The van der Waals surface area contributed by atoms with E-state index in [0.717, 1.165) is 35.6 Å². The van der Waals surface area contributed by atoms with Gasteiger partial charge in [0, 0.05) is 50.4 Å². The molecule has 1 N–H and O–H groups in total. The molecule has 1 fully saturated rings. The Labute approximate surface area is 201 Å². The van der Waals surface area contributed by atoms with E-state index in [1.807, 2.05) is 54.6 Å². The Morgan fingerprint density at radius 3 is 2.47 bits per heavy atom. The molecule has 0 radical (unpaired) electrons.